The third-order valence-electron chi connectivity index (χ3n) is 6.20. The average Bonchev–Trinajstić information content (AvgIpc) is 2.99. The van der Waals surface area contributed by atoms with Crippen molar-refractivity contribution in [3.63, 3.8) is 0 Å². The minimum Gasteiger partial charge on any atom is -0.368 e. The lowest BCUT2D eigenvalue weighted by Crippen LogP contribution is -2.36. The predicted molar refractivity (Wildman–Crippen MR) is 136 cm³/mol. The fourth-order valence-electron chi connectivity index (χ4n) is 4.19. The standard InChI is InChI=1S/C24H24N6O6/c31-28(32)22-7-1-19(2-8-22)25-13-15-26(20-3-9-23(10-4-20)29(33)34)17-18-27(16-14-25)21-5-11-24(12-6-21)30(35)36/h1-12H,13-18H2. The van der Waals surface area contributed by atoms with E-state index >= 15 is 0 Å². The van der Waals surface area contributed by atoms with Crippen molar-refractivity contribution >= 4 is 34.1 Å². The Balaban J connectivity index is 1.61. The Bertz CT molecular complexity index is 1070. The zero-order chi connectivity index (χ0) is 25.7. The Morgan fingerprint density at radius 3 is 0.778 bits per heavy atom. The van der Waals surface area contributed by atoms with Gasteiger partial charge in [-0.25, -0.2) is 0 Å². The maximum Gasteiger partial charge on any atom is 0.269 e. The molecule has 0 saturated carbocycles. The fraction of sp³-hybridized carbons (Fsp3) is 0.250. The second-order valence-electron chi connectivity index (χ2n) is 8.28. The van der Waals surface area contributed by atoms with Crippen molar-refractivity contribution in [2.24, 2.45) is 0 Å². The number of hydrogen-bond acceptors (Lipinski definition) is 9. The molecule has 0 unspecified atom stereocenters. The molecule has 36 heavy (non-hydrogen) atoms. The van der Waals surface area contributed by atoms with E-state index in [1.165, 1.54) is 36.4 Å². The summed E-state index contributed by atoms with van der Waals surface area (Å²) in [6.45, 7) is 3.77. The van der Waals surface area contributed by atoms with Crippen LogP contribution in [0.2, 0.25) is 0 Å². The van der Waals surface area contributed by atoms with Crippen molar-refractivity contribution in [1.29, 1.82) is 0 Å². The van der Waals surface area contributed by atoms with E-state index in [0.717, 1.165) is 17.1 Å². The van der Waals surface area contributed by atoms with Crippen LogP contribution in [0.1, 0.15) is 0 Å². The molecule has 1 fully saturated rings. The molecule has 0 aliphatic carbocycles. The molecule has 0 spiro atoms. The second-order valence-corrected chi connectivity index (χ2v) is 8.28. The van der Waals surface area contributed by atoms with Gasteiger partial charge in [-0.05, 0) is 36.4 Å². The molecule has 4 rings (SSSR count). The van der Waals surface area contributed by atoms with Crippen molar-refractivity contribution in [2.75, 3.05) is 54.0 Å². The van der Waals surface area contributed by atoms with Gasteiger partial charge < -0.3 is 14.7 Å². The number of rotatable bonds is 6. The Morgan fingerprint density at radius 1 is 0.417 bits per heavy atom. The van der Waals surface area contributed by atoms with E-state index in [2.05, 4.69) is 14.7 Å². The highest BCUT2D eigenvalue weighted by Crippen LogP contribution is 2.25. The van der Waals surface area contributed by atoms with Gasteiger partial charge in [0.2, 0.25) is 0 Å². The lowest BCUT2D eigenvalue weighted by atomic mass is 10.2. The van der Waals surface area contributed by atoms with Crippen molar-refractivity contribution < 1.29 is 14.8 Å². The summed E-state index contributed by atoms with van der Waals surface area (Å²) in [5.41, 5.74) is 2.58. The molecule has 0 aromatic heterocycles. The highest BCUT2D eigenvalue weighted by molar-refractivity contribution is 5.56. The summed E-state index contributed by atoms with van der Waals surface area (Å²) in [4.78, 5) is 38.3. The largest absolute Gasteiger partial charge is 0.368 e. The minimum absolute atomic E-state index is 0.0167. The molecule has 1 aliphatic heterocycles. The summed E-state index contributed by atoms with van der Waals surface area (Å²) >= 11 is 0. The zero-order valence-electron chi connectivity index (χ0n) is 19.3. The quantitative estimate of drug-likeness (QED) is 0.365. The normalized spacial score (nSPS) is 14.5. The van der Waals surface area contributed by atoms with Crippen molar-refractivity contribution in [3.05, 3.63) is 103 Å². The van der Waals surface area contributed by atoms with E-state index in [1.54, 1.807) is 36.4 Å². The van der Waals surface area contributed by atoms with Crippen LogP contribution in [0, 0.1) is 30.3 Å². The van der Waals surface area contributed by atoms with E-state index < -0.39 is 14.8 Å². The van der Waals surface area contributed by atoms with Crippen LogP contribution in [0.3, 0.4) is 0 Å². The molecule has 0 amide bonds. The van der Waals surface area contributed by atoms with Gasteiger partial charge in [-0.2, -0.15) is 0 Å². The van der Waals surface area contributed by atoms with Crippen LogP contribution >= 0.6 is 0 Å². The summed E-state index contributed by atoms with van der Waals surface area (Å²) in [6, 6.07) is 19.2. The Hall–Kier alpha value is -4.74. The second kappa shape index (κ2) is 10.7. The maximum atomic E-state index is 11.1. The van der Waals surface area contributed by atoms with Gasteiger partial charge in [-0.15, -0.1) is 0 Å². The van der Waals surface area contributed by atoms with Gasteiger partial charge in [0.1, 0.15) is 0 Å². The first-order valence-corrected chi connectivity index (χ1v) is 11.3. The minimum atomic E-state index is -0.436. The first-order valence-electron chi connectivity index (χ1n) is 11.3. The lowest BCUT2D eigenvalue weighted by Gasteiger charge is -2.28. The molecular formula is C24H24N6O6. The number of nitrogens with zero attached hydrogens (tertiary/aromatic N) is 6. The summed E-state index contributed by atoms with van der Waals surface area (Å²) in [5, 5.41) is 33.2. The highest BCUT2D eigenvalue weighted by atomic mass is 16.6. The van der Waals surface area contributed by atoms with Gasteiger partial charge >= 0.3 is 0 Å². The number of non-ortho nitro benzene ring substituents is 3. The van der Waals surface area contributed by atoms with Crippen molar-refractivity contribution in [2.45, 2.75) is 0 Å². The molecular weight excluding hydrogens is 468 g/mol. The summed E-state index contributed by atoms with van der Waals surface area (Å²) in [7, 11) is 0. The summed E-state index contributed by atoms with van der Waals surface area (Å²) in [6.07, 6.45) is 0. The summed E-state index contributed by atoms with van der Waals surface area (Å²) in [5.74, 6) is 0. The molecule has 0 atom stereocenters. The topological polar surface area (TPSA) is 139 Å². The molecule has 3 aromatic carbocycles. The van der Waals surface area contributed by atoms with Gasteiger partial charge in [-0.3, -0.25) is 30.3 Å². The molecule has 0 radical (unpaired) electrons. The number of anilines is 3. The Labute approximate surface area is 206 Å². The Morgan fingerprint density at radius 2 is 0.611 bits per heavy atom. The van der Waals surface area contributed by atoms with E-state index in [-0.39, 0.29) is 17.1 Å². The molecule has 0 N–H and O–H groups in total. The van der Waals surface area contributed by atoms with Gasteiger partial charge in [0.05, 0.1) is 14.8 Å². The molecule has 1 heterocycles. The zero-order valence-corrected chi connectivity index (χ0v) is 19.3. The van der Waals surface area contributed by atoms with E-state index in [4.69, 9.17) is 0 Å². The molecule has 12 nitrogen and oxygen atoms in total. The van der Waals surface area contributed by atoms with Crippen LogP contribution in [-0.4, -0.2) is 54.0 Å². The molecule has 186 valence electrons. The summed E-state index contributed by atoms with van der Waals surface area (Å²) < 4.78 is 0. The van der Waals surface area contributed by atoms with Crippen LogP contribution in [0.15, 0.2) is 72.8 Å². The van der Waals surface area contributed by atoms with Gasteiger partial charge in [0.15, 0.2) is 0 Å². The van der Waals surface area contributed by atoms with Crippen molar-refractivity contribution in [1.82, 2.24) is 0 Å². The number of hydrogen-bond donors (Lipinski definition) is 0. The molecule has 1 saturated heterocycles. The first-order chi connectivity index (χ1) is 17.3. The van der Waals surface area contributed by atoms with Crippen LogP contribution < -0.4 is 14.7 Å². The molecule has 3 aromatic rings. The molecule has 12 heteroatoms. The number of nitro groups is 3. The molecule has 1 aliphatic rings. The fourth-order valence-corrected chi connectivity index (χ4v) is 4.19. The predicted octanol–water partition coefficient (Wildman–Crippen LogP) is 4.24. The lowest BCUT2D eigenvalue weighted by molar-refractivity contribution is -0.385. The first kappa shape index (κ1) is 24.4. The number of benzene rings is 3. The van der Waals surface area contributed by atoms with Crippen LogP contribution in [0.5, 0.6) is 0 Å². The third kappa shape index (κ3) is 5.66. The van der Waals surface area contributed by atoms with Crippen LogP contribution in [0.25, 0.3) is 0 Å². The van der Waals surface area contributed by atoms with E-state index in [1.807, 2.05) is 0 Å². The van der Waals surface area contributed by atoms with E-state index in [0.29, 0.717) is 39.3 Å². The van der Waals surface area contributed by atoms with Crippen LogP contribution in [0.4, 0.5) is 34.1 Å². The van der Waals surface area contributed by atoms with Crippen molar-refractivity contribution in [3.8, 4) is 0 Å². The van der Waals surface area contributed by atoms with Gasteiger partial charge in [-0.1, -0.05) is 0 Å². The maximum absolute atomic E-state index is 11.1. The SMILES string of the molecule is O=[N+]([O-])c1ccc(N2CCN(c3ccc([N+](=O)[O-])cc3)CCN(c3ccc([N+](=O)[O-])cc3)CC2)cc1. The Kier molecular flexibility index (Phi) is 7.23. The van der Waals surface area contributed by atoms with Gasteiger partial charge in [0, 0.05) is 92.7 Å². The van der Waals surface area contributed by atoms with Gasteiger partial charge in [0.25, 0.3) is 17.1 Å². The van der Waals surface area contributed by atoms with E-state index in [9.17, 15) is 30.3 Å². The van der Waals surface area contributed by atoms with Crippen LogP contribution in [-0.2, 0) is 0 Å². The third-order valence-corrected chi connectivity index (χ3v) is 6.20. The smallest absolute Gasteiger partial charge is 0.269 e. The monoisotopic (exact) mass is 492 g/mol. The highest BCUT2D eigenvalue weighted by Gasteiger charge is 2.19. The average molecular weight is 492 g/mol. The molecule has 0 bridgehead atoms. The number of nitro benzene ring substituents is 3.